The van der Waals surface area contributed by atoms with E-state index in [0.717, 1.165) is 25.0 Å². The van der Waals surface area contributed by atoms with Crippen molar-refractivity contribution in [3.63, 3.8) is 0 Å². The van der Waals surface area contributed by atoms with Crippen LogP contribution in [-0.2, 0) is 0 Å². The molecule has 1 aromatic rings. The van der Waals surface area contributed by atoms with Gasteiger partial charge >= 0.3 is 0 Å². The van der Waals surface area contributed by atoms with Crippen molar-refractivity contribution in [2.24, 2.45) is 5.73 Å². The second-order valence-corrected chi connectivity index (χ2v) is 4.54. The van der Waals surface area contributed by atoms with Gasteiger partial charge in [-0.05, 0) is 31.4 Å². The minimum absolute atomic E-state index is 0.0579. The molecular weight excluding hydrogens is 210 g/mol. The van der Waals surface area contributed by atoms with E-state index in [-0.39, 0.29) is 6.04 Å². The van der Waals surface area contributed by atoms with Gasteiger partial charge in [0.1, 0.15) is 0 Å². The number of nitrogens with two attached hydrogens (primary N) is 1. The molecule has 0 bridgehead atoms. The van der Waals surface area contributed by atoms with E-state index in [9.17, 15) is 0 Å². The monoisotopic (exact) mass is 235 g/mol. The van der Waals surface area contributed by atoms with E-state index in [1.165, 1.54) is 5.69 Å². The molecule has 0 aromatic carbocycles. The van der Waals surface area contributed by atoms with Crippen molar-refractivity contribution >= 4 is 5.69 Å². The second kappa shape index (κ2) is 6.60. The maximum atomic E-state index is 5.96. The van der Waals surface area contributed by atoms with Crippen LogP contribution < -0.4 is 10.6 Å². The summed E-state index contributed by atoms with van der Waals surface area (Å²) in [5.41, 5.74) is 8.11. The average molecular weight is 235 g/mol. The molecule has 0 spiro atoms. The Morgan fingerprint density at radius 2 is 1.82 bits per heavy atom. The zero-order valence-electron chi connectivity index (χ0n) is 11.5. The lowest BCUT2D eigenvalue weighted by molar-refractivity contribution is 0.590. The SMILES string of the molecule is CCC(CC)N(C)c1ccc([C@@H](N)CC)nc1. The largest absolute Gasteiger partial charge is 0.370 e. The first-order valence-corrected chi connectivity index (χ1v) is 6.58. The van der Waals surface area contributed by atoms with Crippen molar-refractivity contribution in [3.8, 4) is 0 Å². The number of hydrogen-bond donors (Lipinski definition) is 1. The van der Waals surface area contributed by atoms with E-state index in [4.69, 9.17) is 5.73 Å². The lowest BCUT2D eigenvalue weighted by atomic mass is 10.1. The van der Waals surface area contributed by atoms with Crippen LogP contribution in [0.4, 0.5) is 5.69 Å². The number of nitrogens with zero attached hydrogens (tertiary/aromatic N) is 2. The molecule has 3 nitrogen and oxygen atoms in total. The van der Waals surface area contributed by atoms with Crippen molar-refractivity contribution in [2.75, 3.05) is 11.9 Å². The first-order valence-electron chi connectivity index (χ1n) is 6.58. The Bertz CT molecular complexity index is 317. The van der Waals surface area contributed by atoms with Crippen LogP contribution in [0.1, 0.15) is 51.8 Å². The molecule has 0 radical (unpaired) electrons. The van der Waals surface area contributed by atoms with Gasteiger partial charge in [0.05, 0.1) is 17.6 Å². The summed E-state index contributed by atoms with van der Waals surface area (Å²) in [6.07, 6.45) is 5.17. The Morgan fingerprint density at radius 1 is 1.18 bits per heavy atom. The van der Waals surface area contributed by atoms with Crippen molar-refractivity contribution < 1.29 is 0 Å². The van der Waals surface area contributed by atoms with Gasteiger partial charge in [-0.3, -0.25) is 4.98 Å². The summed E-state index contributed by atoms with van der Waals surface area (Å²) >= 11 is 0. The number of aromatic nitrogens is 1. The fraction of sp³-hybridized carbons (Fsp3) is 0.643. The third-order valence-corrected chi connectivity index (χ3v) is 3.49. The normalized spacial score (nSPS) is 12.8. The van der Waals surface area contributed by atoms with Gasteiger partial charge in [-0.2, -0.15) is 0 Å². The van der Waals surface area contributed by atoms with Crippen LogP contribution in [0.2, 0.25) is 0 Å². The van der Waals surface area contributed by atoms with Gasteiger partial charge in [0.2, 0.25) is 0 Å². The lowest BCUT2D eigenvalue weighted by Gasteiger charge is -2.28. The zero-order valence-corrected chi connectivity index (χ0v) is 11.5. The average Bonchev–Trinajstić information content (AvgIpc) is 2.39. The molecule has 0 saturated heterocycles. The molecule has 1 aromatic heterocycles. The Hall–Kier alpha value is -1.09. The number of rotatable bonds is 6. The number of hydrogen-bond acceptors (Lipinski definition) is 3. The van der Waals surface area contributed by atoms with Crippen LogP contribution >= 0.6 is 0 Å². The number of anilines is 1. The maximum absolute atomic E-state index is 5.96. The van der Waals surface area contributed by atoms with Gasteiger partial charge < -0.3 is 10.6 Å². The lowest BCUT2D eigenvalue weighted by Crippen LogP contribution is -2.30. The van der Waals surface area contributed by atoms with Gasteiger partial charge in [-0.1, -0.05) is 20.8 Å². The second-order valence-electron chi connectivity index (χ2n) is 4.54. The van der Waals surface area contributed by atoms with Crippen molar-refractivity contribution in [1.29, 1.82) is 0 Å². The van der Waals surface area contributed by atoms with Gasteiger partial charge in [0.25, 0.3) is 0 Å². The van der Waals surface area contributed by atoms with Gasteiger partial charge in [-0.15, -0.1) is 0 Å². The molecule has 0 aliphatic carbocycles. The van der Waals surface area contributed by atoms with E-state index in [1.807, 2.05) is 12.3 Å². The van der Waals surface area contributed by atoms with Gasteiger partial charge in [0, 0.05) is 19.1 Å². The molecule has 0 aliphatic heterocycles. The summed E-state index contributed by atoms with van der Waals surface area (Å²) in [6, 6.07) is 4.81. The predicted molar refractivity (Wildman–Crippen MR) is 74.2 cm³/mol. The summed E-state index contributed by atoms with van der Waals surface area (Å²) in [4.78, 5) is 6.75. The predicted octanol–water partition coefficient (Wildman–Crippen LogP) is 3.12. The highest BCUT2D eigenvalue weighted by molar-refractivity contribution is 5.45. The molecule has 1 heterocycles. The fourth-order valence-electron chi connectivity index (χ4n) is 2.08. The maximum Gasteiger partial charge on any atom is 0.0572 e. The minimum Gasteiger partial charge on any atom is -0.370 e. The molecule has 0 aliphatic rings. The molecular formula is C14H25N3. The Kier molecular flexibility index (Phi) is 5.42. The van der Waals surface area contributed by atoms with E-state index in [1.54, 1.807) is 0 Å². The summed E-state index contributed by atoms with van der Waals surface area (Å²) in [5, 5.41) is 0. The quantitative estimate of drug-likeness (QED) is 0.823. The van der Waals surface area contributed by atoms with E-state index >= 15 is 0 Å². The van der Waals surface area contributed by atoms with Crippen LogP contribution in [0.5, 0.6) is 0 Å². The molecule has 0 unspecified atom stereocenters. The summed E-state index contributed by atoms with van der Waals surface area (Å²) < 4.78 is 0. The first-order chi connectivity index (χ1) is 8.13. The number of pyridine rings is 1. The summed E-state index contributed by atoms with van der Waals surface area (Å²) in [7, 11) is 2.13. The molecule has 96 valence electrons. The molecule has 2 N–H and O–H groups in total. The van der Waals surface area contributed by atoms with Crippen LogP contribution in [-0.4, -0.2) is 18.1 Å². The van der Waals surface area contributed by atoms with Crippen LogP contribution in [0.3, 0.4) is 0 Å². The standard InChI is InChI=1S/C14H25N3/c1-5-11(6-2)17(4)12-8-9-14(16-10-12)13(15)7-3/h8-11,13H,5-7,15H2,1-4H3/t13-/m0/s1. The Labute approximate surface area is 105 Å². The van der Waals surface area contributed by atoms with Crippen molar-refractivity contribution in [3.05, 3.63) is 24.0 Å². The Balaban J connectivity index is 2.79. The molecule has 17 heavy (non-hydrogen) atoms. The third kappa shape index (κ3) is 3.43. The van der Waals surface area contributed by atoms with Crippen LogP contribution in [0.15, 0.2) is 18.3 Å². The van der Waals surface area contributed by atoms with Crippen molar-refractivity contribution in [2.45, 2.75) is 52.1 Å². The molecule has 1 rings (SSSR count). The van der Waals surface area contributed by atoms with E-state index in [0.29, 0.717) is 6.04 Å². The van der Waals surface area contributed by atoms with Crippen LogP contribution in [0.25, 0.3) is 0 Å². The smallest absolute Gasteiger partial charge is 0.0572 e. The third-order valence-electron chi connectivity index (χ3n) is 3.49. The highest BCUT2D eigenvalue weighted by Crippen LogP contribution is 2.19. The first kappa shape index (κ1) is 14.0. The zero-order chi connectivity index (χ0) is 12.8. The highest BCUT2D eigenvalue weighted by Gasteiger charge is 2.12. The van der Waals surface area contributed by atoms with Crippen molar-refractivity contribution in [1.82, 2.24) is 4.98 Å². The van der Waals surface area contributed by atoms with Gasteiger partial charge in [0.15, 0.2) is 0 Å². The molecule has 0 amide bonds. The molecule has 0 fully saturated rings. The summed E-state index contributed by atoms with van der Waals surface area (Å²) in [6.45, 7) is 6.52. The molecule has 0 saturated carbocycles. The highest BCUT2D eigenvalue weighted by atomic mass is 15.1. The molecule has 3 heteroatoms. The fourth-order valence-corrected chi connectivity index (χ4v) is 2.08. The topological polar surface area (TPSA) is 42.1 Å². The minimum atomic E-state index is 0.0579. The van der Waals surface area contributed by atoms with E-state index in [2.05, 4.69) is 43.8 Å². The Morgan fingerprint density at radius 3 is 2.24 bits per heavy atom. The summed E-state index contributed by atoms with van der Waals surface area (Å²) in [5.74, 6) is 0. The molecule has 1 atom stereocenters. The van der Waals surface area contributed by atoms with Crippen LogP contribution in [0, 0.1) is 0 Å². The van der Waals surface area contributed by atoms with Gasteiger partial charge in [-0.25, -0.2) is 0 Å². The van der Waals surface area contributed by atoms with E-state index < -0.39 is 0 Å².